The van der Waals surface area contributed by atoms with E-state index in [9.17, 15) is 18.4 Å². The van der Waals surface area contributed by atoms with Gasteiger partial charge < -0.3 is 15.8 Å². The Morgan fingerprint density at radius 2 is 1.75 bits per heavy atom. The molecule has 0 radical (unpaired) electrons. The number of hydrogen-bond acceptors (Lipinski definition) is 3. The average molecular weight is 334 g/mol. The van der Waals surface area contributed by atoms with Crippen LogP contribution in [-0.2, 0) is 9.59 Å². The first-order chi connectivity index (χ1) is 11.4. The smallest absolute Gasteiger partial charge is 0.261 e. The molecule has 126 valence electrons. The van der Waals surface area contributed by atoms with Gasteiger partial charge in [0.2, 0.25) is 5.91 Å². The number of benzene rings is 2. The zero-order valence-electron chi connectivity index (χ0n) is 12.8. The van der Waals surface area contributed by atoms with Gasteiger partial charge in [-0.3, -0.25) is 9.59 Å². The van der Waals surface area contributed by atoms with Gasteiger partial charge in [0, 0.05) is 6.07 Å². The number of hydrogen-bond donors (Lipinski definition) is 2. The van der Waals surface area contributed by atoms with Gasteiger partial charge in [0.15, 0.2) is 17.7 Å². The molecule has 2 amide bonds. The van der Waals surface area contributed by atoms with Crippen LogP contribution in [0, 0.1) is 11.6 Å². The summed E-state index contributed by atoms with van der Waals surface area (Å²) in [5.41, 5.74) is 5.85. The number of carbonyl (C=O) groups excluding carboxylic acids is 2. The van der Waals surface area contributed by atoms with Gasteiger partial charge >= 0.3 is 0 Å². The Kier molecular flexibility index (Phi) is 5.47. The maximum absolute atomic E-state index is 13.2. The molecule has 0 fully saturated rings. The molecule has 0 aliphatic rings. The van der Waals surface area contributed by atoms with Crippen LogP contribution >= 0.6 is 0 Å². The lowest BCUT2D eigenvalue weighted by atomic mass is 10.1. The lowest BCUT2D eigenvalue weighted by Crippen LogP contribution is -2.43. The van der Waals surface area contributed by atoms with E-state index in [-0.39, 0.29) is 5.75 Å². The van der Waals surface area contributed by atoms with E-state index in [4.69, 9.17) is 10.5 Å². The third-order valence-electron chi connectivity index (χ3n) is 3.28. The molecule has 2 aromatic carbocycles. The summed E-state index contributed by atoms with van der Waals surface area (Å²) in [4.78, 5) is 23.7. The average Bonchev–Trinajstić information content (AvgIpc) is 2.56. The van der Waals surface area contributed by atoms with Gasteiger partial charge in [-0.2, -0.15) is 0 Å². The number of rotatable bonds is 6. The quantitative estimate of drug-likeness (QED) is 0.848. The standard InChI is InChI=1S/C17H16F2N2O3/c1-10(24-12-7-8-13(18)14(19)9-12)17(23)21-15(16(20)22)11-5-3-2-4-6-11/h2-10,15H,1H3,(H2,20,22)(H,21,23)/t10-,15+/m0/s1. The second-order valence-corrected chi connectivity index (χ2v) is 5.09. The number of nitrogens with one attached hydrogen (secondary N) is 1. The molecule has 24 heavy (non-hydrogen) atoms. The molecule has 0 aliphatic heterocycles. The molecule has 7 heteroatoms. The topological polar surface area (TPSA) is 81.4 Å². The van der Waals surface area contributed by atoms with Gasteiger partial charge in [-0.05, 0) is 24.6 Å². The Labute approximate surface area is 137 Å². The highest BCUT2D eigenvalue weighted by atomic mass is 19.2. The maximum atomic E-state index is 13.2. The second kappa shape index (κ2) is 7.54. The van der Waals surface area contributed by atoms with E-state index in [1.807, 2.05) is 0 Å². The van der Waals surface area contributed by atoms with Gasteiger partial charge in [0.05, 0.1) is 0 Å². The van der Waals surface area contributed by atoms with E-state index in [0.717, 1.165) is 12.1 Å². The monoisotopic (exact) mass is 334 g/mol. The highest BCUT2D eigenvalue weighted by Gasteiger charge is 2.24. The Morgan fingerprint density at radius 1 is 1.08 bits per heavy atom. The predicted octanol–water partition coefficient (Wildman–Crippen LogP) is 2.07. The lowest BCUT2D eigenvalue weighted by molar-refractivity contribution is -0.131. The second-order valence-electron chi connectivity index (χ2n) is 5.09. The van der Waals surface area contributed by atoms with Crippen LogP contribution < -0.4 is 15.8 Å². The molecule has 0 bridgehead atoms. The fourth-order valence-corrected chi connectivity index (χ4v) is 2.03. The van der Waals surface area contributed by atoms with Crippen molar-refractivity contribution in [2.24, 2.45) is 5.73 Å². The number of halogens is 2. The van der Waals surface area contributed by atoms with Crippen molar-refractivity contribution < 1.29 is 23.1 Å². The van der Waals surface area contributed by atoms with Gasteiger partial charge in [-0.25, -0.2) is 8.78 Å². The van der Waals surface area contributed by atoms with Crippen molar-refractivity contribution in [2.75, 3.05) is 0 Å². The summed E-state index contributed by atoms with van der Waals surface area (Å²) in [5.74, 6) is -3.45. The van der Waals surface area contributed by atoms with Crippen LogP contribution in [0.1, 0.15) is 18.5 Å². The molecule has 0 saturated heterocycles. The summed E-state index contributed by atoms with van der Waals surface area (Å²) in [6.45, 7) is 1.42. The summed E-state index contributed by atoms with van der Waals surface area (Å²) < 4.78 is 31.3. The highest BCUT2D eigenvalue weighted by molar-refractivity contribution is 5.89. The largest absolute Gasteiger partial charge is 0.481 e. The summed E-state index contributed by atoms with van der Waals surface area (Å²) >= 11 is 0. The minimum atomic E-state index is -1.08. The molecule has 2 rings (SSSR count). The minimum absolute atomic E-state index is 0.00751. The number of ether oxygens (including phenoxy) is 1. The highest BCUT2D eigenvalue weighted by Crippen LogP contribution is 2.17. The van der Waals surface area contributed by atoms with Gasteiger partial charge in [-0.15, -0.1) is 0 Å². The Bertz CT molecular complexity index is 738. The molecule has 0 heterocycles. The van der Waals surface area contributed by atoms with Gasteiger partial charge in [0.25, 0.3) is 5.91 Å². The minimum Gasteiger partial charge on any atom is -0.481 e. The van der Waals surface area contributed by atoms with Crippen LogP contribution in [0.4, 0.5) is 8.78 Å². The maximum Gasteiger partial charge on any atom is 0.261 e. The number of amides is 2. The number of primary amides is 1. The summed E-state index contributed by atoms with van der Waals surface area (Å²) in [5, 5.41) is 2.47. The van der Waals surface area contributed by atoms with E-state index < -0.39 is 35.6 Å². The van der Waals surface area contributed by atoms with Crippen molar-refractivity contribution in [3.05, 3.63) is 65.7 Å². The van der Waals surface area contributed by atoms with Crippen LogP contribution in [-0.4, -0.2) is 17.9 Å². The van der Waals surface area contributed by atoms with Crippen molar-refractivity contribution in [1.29, 1.82) is 0 Å². The molecule has 2 aromatic rings. The molecule has 0 unspecified atom stereocenters. The zero-order valence-corrected chi connectivity index (χ0v) is 12.8. The fraction of sp³-hybridized carbons (Fsp3) is 0.176. The molecule has 3 N–H and O–H groups in total. The number of nitrogens with two attached hydrogens (primary N) is 1. The van der Waals surface area contributed by atoms with E-state index >= 15 is 0 Å². The molecular weight excluding hydrogens is 318 g/mol. The first kappa shape index (κ1) is 17.4. The predicted molar refractivity (Wildman–Crippen MR) is 83.0 cm³/mol. The third-order valence-corrected chi connectivity index (χ3v) is 3.28. The van der Waals surface area contributed by atoms with E-state index in [1.54, 1.807) is 30.3 Å². The van der Waals surface area contributed by atoms with Gasteiger partial charge in [-0.1, -0.05) is 30.3 Å². The van der Waals surface area contributed by atoms with Crippen molar-refractivity contribution in [1.82, 2.24) is 5.32 Å². The molecule has 0 aliphatic carbocycles. The molecule has 5 nitrogen and oxygen atoms in total. The van der Waals surface area contributed by atoms with E-state index in [2.05, 4.69) is 5.32 Å². The lowest BCUT2D eigenvalue weighted by Gasteiger charge is -2.19. The molecule has 2 atom stereocenters. The van der Waals surface area contributed by atoms with Gasteiger partial charge in [0.1, 0.15) is 11.8 Å². The van der Waals surface area contributed by atoms with Crippen molar-refractivity contribution in [2.45, 2.75) is 19.1 Å². The van der Waals surface area contributed by atoms with E-state index in [1.165, 1.54) is 13.0 Å². The van der Waals surface area contributed by atoms with E-state index in [0.29, 0.717) is 5.56 Å². The molecule has 0 spiro atoms. The van der Waals surface area contributed by atoms with Crippen LogP contribution in [0.3, 0.4) is 0 Å². The number of carbonyl (C=O) groups is 2. The summed E-state index contributed by atoms with van der Waals surface area (Å²) in [7, 11) is 0. The molecular formula is C17H16F2N2O3. The third kappa shape index (κ3) is 4.28. The van der Waals surface area contributed by atoms with Crippen LogP contribution in [0.15, 0.2) is 48.5 Å². The summed E-state index contributed by atoms with van der Waals surface area (Å²) in [6.07, 6.45) is -1.04. The molecule has 0 aromatic heterocycles. The Hall–Kier alpha value is -2.96. The Balaban J connectivity index is 2.06. The molecule has 0 saturated carbocycles. The first-order valence-electron chi connectivity index (χ1n) is 7.15. The Morgan fingerprint density at radius 3 is 2.33 bits per heavy atom. The summed E-state index contributed by atoms with van der Waals surface area (Å²) in [6, 6.07) is 10.4. The first-order valence-corrected chi connectivity index (χ1v) is 7.15. The van der Waals surface area contributed by atoms with Crippen LogP contribution in [0.5, 0.6) is 5.75 Å². The zero-order chi connectivity index (χ0) is 17.7. The normalized spacial score (nSPS) is 13.0. The van der Waals surface area contributed by atoms with Crippen molar-refractivity contribution >= 4 is 11.8 Å². The fourth-order valence-electron chi connectivity index (χ4n) is 2.03. The SMILES string of the molecule is C[C@H](Oc1ccc(F)c(F)c1)C(=O)N[C@@H](C(N)=O)c1ccccc1. The van der Waals surface area contributed by atoms with Crippen molar-refractivity contribution in [3.63, 3.8) is 0 Å². The van der Waals surface area contributed by atoms with Crippen molar-refractivity contribution in [3.8, 4) is 5.75 Å². The van der Waals surface area contributed by atoms with Crippen LogP contribution in [0.25, 0.3) is 0 Å². The van der Waals surface area contributed by atoms with Crippen LogP contribution in [0.2, 0.25) is 0 Å².